The first-order valence-electron chi connectivity index (χ1n) is 6.07. The molecule has 0 bridgehead atoms. The summed E-state index contributed by atoms with van der Waals surface area (Å²) < 4.78 is 4.88. The second-order valence-corrected chi connectivity index (χ2v) is 5.99. The van der Waals surface area contributed by atoms with Gasteiger partial charge in [-0.05, 0) is 6.07 Å². The van der Waals surface area contributed by atoms with Crippen molar-refractivity contribution in [1.29, 1.82) is 0 Å². The lowest BCUT2D eigenvalue weighted by Crippen LogP contribution is -2.20. The summed E-state index contributed by atoms with van der Waals surface area (Å²) in [5, 5.41) is 22.6. The molecule has 1 fully saturated rings. The number of hydrogen-bond acceptors (Lipinski definition) is 7. The van der Waals surface area contributed by atoms with Crippen molar-refractivity contribution in [1.82, 2.24) is 15.7 Å². The van der Waals surface area contributed by atoms with E-state index in [1.165, 1.54) is 18.3 Å². The Morgan fingerprint density at radius 3 is 3.00 bits per heavy atom. The van der Waals surface area contributed by atoms with E-state index in [4.69, 9.17) is 4.52 Å². The molecule has 112 valence electrons. The second kappa shape index (κ2) is 5.85. The number of carbonyl (C=O) groups is 1. The summed E-state index contributed by atoms with van der Waals surface area (Å²) in [7, 11) is -0.679. The van der Waals surface area contributed by atoms with Crippen LogP contribution in [-0.2, 0) is 4.79 Å². The minimum Gasteiger partial charge on any atom is -0.337 e. The molecule has 1 aliphatic heterocycles. The summed E-state index contributed by atoms with van der Waals surface area (Å²) in [6, 6.07) is 6.08. The zero-order chi connectivity index (χ0) is 15.5. The molecular formula is C12H9N5O4S. The summed E-state index contributed by atoms with van der Waals surface area (Å²) in [5.74, 6) is 0.416. The van der Waals surface area contributed by atoms with E-state index in [-0.39, 0.29) is 23.0 Å². The van der Waals surface area contributed by atoms with E-state index in [0.29, 0.717) is 10.9 Å². The number of rotatable bonds is 3. The van der Waals surface area contributed by atoms with Crippen LogP contribution >= 0.6 is 10.5 Å². The number of aliphatic imine (C=N–C) groups is 1. The van der Waals surface area contributed by atoms with Crippen molar-refractivity contribution in [2.75, 3.05) is 5.75 Å². The van der Waals surface area contributed by atoms with E-state index >= 15 is 0 Å². The summed E-state index contributed by atoms with van der Waals surface area (Å²) in [4.78, 5) is 26.3. The number of nitrogens with zero attached hydrogens (tertiary/aromatic N) is 4. The number of aromatic nitrogens is 2. The van der Waals surface area contributed by atoms with E-state index in [0.717, 1.165) is 0 Å². The van der Waals surface area contributed by atoms with Gasteiger partial charge in [0.25, 0.3) is 5.69 Å². The Morgan fingerprint density at radius 2 is 2.27 bits per heavy atom. The van der Waals surface area contributed by atoms with Crippen LogP contribution in [-0.4, -0.2) is 37.5 Å². The summed E-state index contributed by atoms with van der Waals surface area (Å²) in [6.45, 7) is 0. The third kappa shape index (κ3) is 2.91. The van der Waals surface area contributed by atoms with Crippen molar-refractivity contribution < 1.29 is 14.2 Å². The van der Waals surface area contributed by atoms with Gasteiger partial charge in [-0.15, -0.1) is 15.6 Å². The Bertz CT molecular complexity index is 800. The Kier molecular flexibility index (Phi) is 3.74. The lowest BCUT2D eigenvalue weighted by atomic mass is 10.3. The average Bonchev–Trinajstić information content (AvgIpc) is 3.10. The first-order valence-corrected chi connectivity index (χ1v) is 7.53. The molecule has 2 heterocycles. The Hall–Kier alpha value is -2.88. The van der Waals surface area contributed by atoms with Crippen molar-refractivity contribution in [2.45, 2.75) is 0 Å². The smallest absolute Gasteiger partial charge is 0.294 e. The fourth-order valence-electron chi connectivity index (χ4n) is 1.80. The number of carbonyl (C=O) groups excluding carboxylic acids is 1. The highest BCUT2D eigenvalue weighted by molar-refractivity contribution is 8.29. The fourth-order valence-corrected chi connectivity index (χ4v) is 3.34. The lowest BCUT2D eigenvalue weighted by molar-refractivity contribution is -0.384. The topological polar surface area (TPSA) is 124 Å². The number of benzene rings is 1. The average molecular weight is 319 g/mol. The highest BCUT2D eigenvalue weighted by Gasteiger charge is 2.23. The summed E-state index contributed by atoms with van der Waals surface area (Å²) in [6.07, 6.45) is 1.42. The SMILES string of the molecule is O=C1CS(=Cc2cnno2)C(=Nc2ccccc2[N+](=O)[O-])N1. The van der Waals surface area contributed by atoms with Crippen molar-refractivity contribution in [3.05, 3.63) is 46.3 Å². The molecule has 1 atom stereocenters. The standard InChI is InChI=1S/C12H9N5O4S/c18-11-7-22(6-8-5-13-16-21-8)12(15-11)14-9-3-1-2-4-10(9)17(19)20/h1-6H,7H2,(H,14,15,18). The molecule has 0 saturated carbocycles. The molecule has 0 radical (unpaired) electrons. The van der Waals surface area contributed by atoms with Crippen LogP contribution in [0.4, 0.5) is 11.4 Å². The van der Waals surface area contributed by atoms with Gasteiger partial charge in [0.2, 0.25) is 5.91 Å². The summed E-state index contributed by atoms with van der Waals surface area (Å²) in [5.41, 5.74) is 0.0623. The monoisotopic (exact) mass is 319 g/mol. The molecule has 1 aliphatic rings. The Balaban J connectivity index is 2.02. The number of amidine groups is 1. The molecule has 0 spiro atoms. The third-order valence-electron chi connectivity index (χ3n) is 2.72. The van der Waals surface area contributed by atoms with E-state index in [1.807, 2.05) is 0 Å². The molecule has 1 saturated heterocycles. The van der Waals surface area contributed by atoms with Gasteiger partial charge in [0.05, 0.1) is 16.9 Å². The maximum Gasteiger partial charge on any atom is 0.294 e. The van der Waals surface area contributed by atoms with Crippen LogP contribution < -0.4 is 5.32 Å². The van der Waals surface area contributed by atoms with E-state index < -0.39 is 15.4 Å². The zero-order valence-corrected chi connectivity index (χ0v) is 11.8. The van der Waals surface area contributed by atoms with Crippen molar-refractivity contribution in [3.63, 3.8) is 0 Å². The molecule has 1 aromatic carbocycles. The molecule has 3 rings (SSSR count). The van der Waals surface area contributed by atoms with E-state index in [1.54, 1.807) is 17.5 Å². The number of hydrogen-bond donors (Lipinski definition) is 1. The molecule has 1 amide bonds. The van der Waals surface area contributed by atoms with Gasteiger partial charge in [-0.1, -0.05) is 12.1 Å². The maximum atomic E-state index is 11.6. The van der Waals surface area contributed by atoms with Crippen LogP contribution in [0.15, 0.2) is 40.0 Å². The Morgan fingerprint density at radius 1 is 1.45 bits per heavy atom. The van der Waals surface area contributed by atoms with E-state index in [9.17, 15) is 14.9 Å². The molecule has 2 aromatic rings. The molecular weight excluding hydrogens is 310 g/mol. The number of nitro benzene ring substituents is 1. The number of amides is 1. The molecule has 22 heavy (non-hydrogen) atoms. The number of nitrogens with one attached hydrogen (secondary N) is 1. The van der Waals surface area contributed by atoms with Gasteiger partial charge >= 0.3 is 0 Å². The van der Waals surface area contributed by atoms with Gasteiger partial charge in [0, 0.05) is 16.7 Å². The van der Waals surface area contributed by atoms with Gasteiger partial charge in [0.15, 0.2) is 10.9 Å². The number of nitro groups is 1. The molecule has 10 heteroatoms. The van der Waals surface area contributed by atoms with Gasteiger partial charge in [-0.2, -0.15) is 0 Å². The summed E-state index contributed by atoms with van der Waals surface area (Å²) >= 11 is 0. The molecule has 1 aromatic heterocycles. The van der Waals surface area contributed by atoms with Crippen LogP contribution in [0.1, 0.15) is 5.76 Å². The molecule has 1 unspecified atom stereocenters. The number of para-hydroxylation sites is 2. The first kappa shape index (κ1) is 14.1. The van der Waals surface area contributed by atoms with Crippen LogP contribution in [0.3, 0.4) is 0 Å². The predicted octanol–water partition coefficient (Wildman–Crippen LogP) is 1.21. The maximum absolute atomic E-state index is 11.6. The normalized spacial score (nSPS) is 19.5. The van der Waals surface area contributed by atoms with Crippen molar-refractivity contribution in [3.8, 4) is 0 Å². The predicted molar refractivity (Wildman–Crippen MR) is 80.3 cm³/mol. The van der Waals surface area contributed by atoms with E-state index in [2.05, 4.69) is 20.7 Å². The van der Waals surface area contributed by atoms with Crippen LogP contribution in [0.25, 0.3) is 0 Å². The van der Waals surface area contributed by atoms with Gasteiger partial charge in [-0.3, -0.25) is 14.9 Å². The third-order valence-corrected chi connectivity index (χ3v) is 4.50. The molecule has 1 N–H and O–H groups in total. The van der Waals surface area contributed by atoms with Gasteiger partial charge < -0.3 is 9.84 Å². The van der Waals surface area contributed by atoms with Crippen LogP contribution in [0, 0.1) is 10.1 Å². The van der Waals surface area contributed by atoms with Gasteiger partial charge in [-0.25, -0.2) is 4.99 Å². The highest BCUT2D eigenvalue weighted by atomic mass is 32.2. The zero-order valence-electron chi connectivity index (χ0n) is 11.0. The minimum absolute atomic E-state index is 0.124. The van der Waals surface area contributed by atoms with Gasteiger partial charge in [0.1, 0.15) is 5.69 Å². The highest BCUT2D eigenvalue weighted by Crippen LogP contribution is 2.30. The quantitative estimate of drug-likeness (QED) is 0.515. The molecule has 9 nitrogen and oxygen atoms in total. The molecule has 0 aliphatic carbocycles. The lowest BCUT2D eigenvalue weighted by Gasteiger charge is -2.01. The minimum atomic E-state index is -0.679. The first-order chi connectivity index (χ1) is 10.6. The van der Waals surface area contributed by atoms with Crippen molar-refractivity contribution >= 4 is 38.3 Å². The largest absolute Gasteiger partial charge is 0.337 e. The van der Waals surface area contributed by atoms with Crippen LogP contribution in [0.2, 0.25) is 0 Å². The van der Waals surface area contributed by atoms with Crippen molar-refractivity contribution in [2.24, 2.45) is 4.99 Å². The fraction of sp³-hybridized carbons (Fsp3) is 0.0833. The Labute approximate surface area is 126 Å². The van der Waals surface area contributed by atoms with Crippen LogP contribution in [0.5, 0.6) is 0 Å². The second-order valence-electron chi connectivity index (χ2n) is 4.22.